The zero-order valence-electron chi connectivity index (χ0n) is 10.6. The summed E-state index contributed by atoms with van der Waals surface area (Å²) in [6.45, 7) is 1.24. The van der Waals surface area contributed by atoms with Crippen molar-refractivity contribution in [2.45, 2.75) is 0 Å². The Morgan fingerprint density at radius 1 is 1.33 bits per heavy atom. The van der Waals surface area contributed by atoms with Crippen molar-refractivity contribution < 1.29 is 24.2 Å². The number of aliphatic carboxylic acids is 1. The van der Waals surface area contributed by atoms with Crippen LogP contribution in [0.1, 0.15) is 0 Å². The molecule has 0 unspecified atom stereocenters. The monoisotopic (exact) mass is 258 g/mol. The second-order valence-electron chi connectivity index (χ2n) is 4.13. The van der Waals surface area contributed by atoms with E-state index in [0.29, 0.717) is 26.3 Å². The second-order valence-corrected chi connectivity index (χ2v) is 4.13. The molecule has 0 bridgehead atoms. The van der Waals surface area contributed by atoms with Crippen molar-refractivity contribution in [3.63, 3.8) is 0 Å². The fourth-order valence-corrected chi connectivity index (χ4v) is 1.37. The number of carbonyl (C=O) groups excluding carboxylic acids is 1. The van der Waals surface area contributed by atoms with Gasteiger partial charge in [0.25, 0.3) is 5.91 Å². The molecule has 7 nitrogen and oxygen atoms in total. The Balaban J connectivity index is 2.65. The van der Waals surface area contributed by atoms with Crippen LogP contribution in [0.15, 0.2) is 12.0 Å². The van der Waals surface area contributed by atoms with Crippen molar-refractivity contribution >= 4 is 11.9 Å². The first-order valence-corrected chi connectivity index (χ1v) is 5.61. The number of carboxylic acid groups (broad SMARTS) is 1. The summed E-state index contributed by atoms with van der Waals surface area (Å²) in [5, 5.41) is 8.80. The fraction of sp³-hybridized carbons (Fsp3) is 0.636. The number of hydrogen-bond acceptors (Lipinski definition) is 5. The van der Waals surface area contributed by atoms with Crippen LogP contribution in [0.3, 0.4) is 0 Å². The SMILES string of the molecule is CN(C)CCN(CC(=O)O)C(=O)C1=COCCO1. The zero-order valence-corrected chi connectivity index (χ0v) is 10.6. The minimum absolute atomic E-state index is 0.0567. The van der Waals surface area contributed by atoms with Gasteiger partial charge in [0.05, 0.1) is 0 Å². The molecule has 0 saturated carbocycles. The van der Waals surface area contributed by atoms with Crippen LogP contribution in [0, 0.1) is 0 Å². The Labute approximate surface area is 106 Å². The largest absolute Gasteiger partial charge is 0.494 e. The third-order valence-electron chi connectivity index (χ3n) is 2.29. The van der Waals surface area contributed by atoms with Crippen LogP contribution in [0.25, 0.3) is 0 Å². The van der Waals surface area contributed by atoms with Gasteiger partial charge in [-0.3, -0.25) is 9.59 Å². The summed E-state index contributed by atoms with van der Waals surface area (Å²) in [5.41, 5.74) is 0. The van der Waals surface area contributed by atoms with Gasteiger partial charge in [0, 0.05) is 13.1 Å². The molecule has 0 aromatic heterocycles. The van der Waals surface area contributed by atoms with Crippen LogP contribution in [0.4, 0.5) is 0 Å². The summed E-state index contributed by atoms with van der Waals surface area (Å²) in [6, 6.07) is 0. The lowest BCUT2D eigenvalue weighted by atomic mass is 10.3. The van der Waals surface area contributed by atoms with Gasteiger partial charge in [-0.15, -0.1) is 0 Å². The zero-order chi connectivity index (χ0) is 13.5. The van der Waals surface area contributed by atoms with E-state index in [0.717, 1.165) is 0 Å². The van der Waals surface area contributed by atoms with Gasteiger partial charge < -0.3 is 24.4 Å². The van der Waals surface area contributed by atoms with E-state index >= 15 is 0 Å². The number of ether oxygens (including phenoxy) is 2. The van der Waals surface area contributed by atoms with Crippen LogP contribution < -0.4 is 0 Å². The van der Waals surface area contributed by atoms with E-state index in [1.807, 2.05) is 19.0 Å². The highest BCUT2D eigenvalue weighted by Crippen LogP contribution is 2.08. The molecule has 0 aromatic rings. The smallest absolute Gasteiger partial charge is 0.323 e. The van der Waals surface area contributed by atoms with E-state index in [1.165, 1.54) is 11.2 Å². The molecule has 1 heterocycles. The first-order valence-electron chi connectivity index (χ1n) is 5.61. The number of likely N-dealkylation sites (N-methyl/N-ethyl adjacent to an activating group) is 1. The molecule has 7 heteroatoms. The predicted molar refractivity (Wildman–Crippen MR) is 62.8 cm³/mol. The van der Waals surface area contributed by atoms with E-state index in [4.69, 9.17) is 14.6 Å². The van der Waals surface area contributed by atoms with E-state index in [1.54, 1.807) is 0 Å². The Morgan fingerprint density at radius 3 is 2.56 bits per heavy atom. The average molecular weight is 258 g/mol. The van der Waals surface area contributed by atoms with Crippen molar-refractivity contribution in [1.82, 2.24) is 9.80 Å². The molecule has 102 valence electrons. The number of carbonyl (C=O) groups is 2. The first kappa shape index (κ1) is 14.3. The molecule has 0 fully saturated rings. The third kappa shape index (κ3) is 4.62. The van der Waals surface area contributed by atoms with Crippen molar-refractivity contribution in [3.8, 4) is 0 Å². The highest BCUT2D eigenvalue weighted by molar-refractivity contribution is 5.93. The molecule has 18 heavy (non-hydrogen) atoms. The van der Waals surface area contributed by atoms with Gasteiger partial charge in [0.1, 0.15) is 26.0 Å². The summed E-state index contributed by atoms with van der Waals surface area (Å²) in [6.07, 6.45) is 1.23. The van der Waals surface area contributed by atoms with Crippen LogP contribution >= 0.6 is 0 Å². The third-order valence-corrected chi connectivity index (χ3v) is 2.29. The maximum absolute atomic E-state index is 12.0. The molecule has 0 radical (unpaired) electrons. The van der Waals surface area contributed by atoms with Gasteiger partial charge >= 0.3 is 5.97 Å². The standard InChI is InChI=1S/C11H18N2O5/c1-12(2)3-4-13(7-10(14)15)11(16)9-8-17-5-6-18-9/h8H,3-7H2,1-2H3,(H,14,15). The van der Waals surface area contributed by atoms with Crippen LogP contribution in [-0.2, 0) is 19.1 Å². The quantitative estimate of drug-likeness (QED) is 0.682. The van der Waals surface area contributed by atoms with Gasteiger partial charge in [-0.2, -0.15) is 0 Å². The summed E-state index contributed by atoms with van der Waals surface area (Å²) in [4.78, 5) is 25.9. The average Bonchev–Trinajstić information content (AvgIpc) is 2.34. The normalized spacial score (nSPS) is 14.5. The molecule has 1 N–H and O–H groups in total. The molecular formula is C11H18N2O5. The summed E-state index contributed by atoms with van der Waals surface area (Å²) < 4.78 is 10.1. The van der Waals surface area contributed by atoms with Gasteiger partial charge in [0.15, 0.2) is 0 Å². The lowest BCUT2D eigenvalue weighted by molar-refractivity contribution is -0.144. The minimum atomic E-state index is -1.06. The Hall–Kier alpha value is -1.76. The van der Waals surface area contributed by atoms with E-state index in [-0.39, 0.29) is 12.3 Å². The predicted octanol–water partition coefficient (Wildman–Crippen LogP) is -0.651. The molecule has 0 atom stereocenters. The molecule has 0 saturated heterocycles. The maximum atomic E-state index is 12.0. The number of carboxylic acids is 1. The molecule has 1 rings (SSSR count). The molecular weight excluding hydrogens is 240 g/mol. The second kappa shape index (κ2) is 6.85. The number of rotatable bonds is 6. The van der Waals surface area contributed by atoms with E-state index in [2.05, 4.69) is 0 Å². The fourth-order valence-electron chi connectivity index (χ4n) is 1.37. The van der Waals surface area contributed by atoms with Crippen LogP contribution in [0.2, 0.25) is 0 Å². The molecule has 1 aliphatic rings. The van der Waals surface area contributed by atoms with Crippen LogP contribution in [-0.4, -0.2) is 73.7 Å². The van der Waals surface area contributed by atoms with E-state index < -0.39 is 11.9 Å². The number of amides is 1. The van der Waals surface area contributed by atoms with Gasteiger partial charge in [0.2, 0.25) is 5.76 Å². The lowest BCUT2D eigenvalue weighted by Gasteiger charge is -2.24. The maximum Gasteiger partial charge on any atom is 0.323 e. The van der Waals surface area contributed by atoms with Gasteiger partial charge in [-0.05, 0) is 14.1 Å². The Morgan fingerprint density at radius 2 is 2.06 bits per heavy atom. The summed E-state index contributed by atoms with van der Waals surface area (Å²) in [5.74, 6) is -1.46. The minimum Gasteiger partial charge on any atom is -0.494 e. The van der Waals surface area contributed by atoms with Crippen LogP contribution in [0.5, 0.6) is 0 Å². The molecule has 0 aliphatic carbocycles. The van der Waals surface area contributed by atoms with Crippen molar-refractivity contribution in [1.29, 1.82) is 0 Å². The van der Waals surface area contributed by atoms with Crippen molar-refractivity contribution in [2.24, 2.45) is 0 Å². The first-order chi connectivity index (χ1) is 8.50. The van der Waals surface area contributed by atoms with Crippen molar-refractivity contribution in [3.05, 3.63) is 12.0 Å². The molecule has 0 spiro atoms. The number of hydrogen-bond donors (Lipinski definition) is 1. The molecule has 1 aliphatic heterocycles. The topological polar surface area (TPSA) is 79.3 Å². The Kier molecular flexibility index (Phi) is 5.44. The van der Waals surface area contributed by atoms with Gasteiger partial charge in [-0.25, -0.2) is 0 Å². The molecule has 1 amide bonds. The lowest BCUT2D eigenvalue weighted by Crippen LogP contribution is -2.41. The summed E-state index contributed by atoms with van der Waals surface area (Å²) in [7, 11) is 3.70. The highest BCUT2D eigenvalue weighted by atomic mass is 16.6. The summed E-state index contributed by atoms with van der Waals surface area (Å²) >= 11 is 0. The van der Waals surface area contributed by atoms with Crippen molar-refractivity contribution in [2.75, 3.05) is 46.9 Å². The van der Waals surface area contributed by atoms with E-state index in [9.17, 15) is 9.59 Å². The number of nitrogens with zero attached hydrogens (tertiary/aromatic N) is 2. The Bertz CT molecular complexity index is 340. The molecule has 0 aromatic carbocycles. The highest BCUT2D eigenvalue weighted by Gasteiger charge is 2.23. The van der Waals surface area contributed by atoms with Gasteiger partial charge in [-0.1, -0.05) is 0 Å².